The van der Waals surface area contributed by atoms with E-state index in [1.807, 2.05) is 17.9 Å². The van der Waals surface area contributed by atoms with Crippen molar-refractivity contribution in [3.05, 3.63) is 18.0 Å². The summed E-state index contributed by atoms with van der Waals surface area (Å²) in [6, 6.07) is 2.08. The van der Waals surface area contributed by atoms with Gasteiger partial charge in [0.2, 0.25) is 0 Å². The Balaban J connectivity index is 1.63. The van der Waals surface area contributed by atoms with Crippen LogP contribution in [0.25, 0.3) is 0 Å². The Bertz CT molecular complexity index is 375. The van der Waals surface area contributed by atoms with E-state index in [0.29, 0.717) is 6.61 Å². The van der Waals surface area contributed by atoms with Gasteiger partial charge in [0, 0.05) is 25.5 Å². The van der Waals surface area contributed by atoms with Gasteiger partial charge in [0.25, 0.3) is 0 Å². The van der Waals surface area contributed by atoms with E-state index in [-0.39, 0.29) is 5.41 Å². The van der Waals surface area contributed by atoms with E-state index < -0.39 is 0 Å². The summed E-state index contributed by atoms with van der Waals surface area (Å²) < 4.78 is 1.95. The quantitative estimate of drug-likeness (QED) is 0.839. The molecule has 1 aromatic heterocycles. The molecule has 2 aliphatic rings. The molecule has 88 valence electrons. The van der Waals surface area contributed by atoms with Crippen molar-refractivity contribution < 1.29 is 5.11 Å². The van der Waals surface area contributed by atoms with Crippen molar-refractivity contribution >= 4 is 0 Å². The highest BCUT2D eigenvalue weighted by molar-refractivity contribution is 5.06. The van der Waals surface area contributed by atoms with E-state index in [2.05, 4.69) is 11.2 Å². The van der Waals surface area contributed by atoms with Gasteiger partial charge < -0.3 is 5.11 Å². The maximum atomic E-state index is 9.63. The van der Waals surface area contributed by atoms with Crippen molar-refractivity contribution in [2.24, 2.45) is 24.3 Å². The Morgan fingerprint density at radius 1 is 1.50 bits per heavy atom. The Morgan fingerprint density at radius 3 is 2.81 bits per heavy atom. The first-order chi connectivity index (χ1) is 7.72. The third-order valence-corrected chi connectivity index (χ3v) is 4.63. The van der Waals surface area contributed by atoms with Crippen LogP contribution < -0.4 is 0 Å². The molecular weight excluding hydrogens is 200 g/mol. The van der Waals surface area contributed by atoms with Gasteiger partial charge in [-0.3, -0.25) is 4.68 Å². The van der Waals surface area contributed by atoms with Crippen molar-refractivity contribution in [2.45, 2.75) is 32.1 Å². The van der Waals surface area contributed by atoms with Gasteiger partial charge in [0.1, 0.15) is 0 Å². The number of aliphatic hydroxyl groups is 1. The summed E-state index contributed by atoms with van der Waals surface area (Å²) in [5, 5.41) is 13.8. The molecule has 0 spiro atoms. The fraction of sp³-hybridized carbons (Fsp3) is 0.769. The highest BCUT2D eigenvalue weighted by Crippen LogP contribution is 2.61. The van der Waals surface area contributed by atoms with Gasteiger partial charge in [0.15, 0.2) is 0 Å². The van der Waals surface area contributed by atoms with Crippen molar-refractivity contribution in [1.82, 2.24) is 9.78 Å². The van der Waals surface area contributed by atoms with Crippen LogP contribution in [0.1, 0.15) is 31.4 Å². The van der Waals surface area contributed by atoms with E-state index >= 15 is 0 Å². The first-order valence-electron chi connectivity index (χ1n) is 6.30. The molecular formula is C13H20N2O. The Labute approximate surface area is 96.5 Å². The summed E-state index contributed by atoms with van der Waals surface area (Å²) >= 11 is 0. The Hall–Kier alpha value is -0.830. The number of hydrogen-bond acceptors (Lipinski definition) is 2. The molecule has 16 heavy (non-hydrogen) atoms. The van der Waals surface area contributed by atoms with E-state index in [9.17, 15) is 5.11 Å². The molecule has 0 saturated heterocycles. The smallest absolute Gasteiger partial charge is 0.0492 e. The minimum absolute atomic E-state index is 0.234. The number of nitrogens with zero attached hydrogens (tertiary/aromatic N) is 2. The van der Waals surface area contributed by atoms with Crippen molar-refractivity contribution in [1.29, 1.82) is 0 Å². The number of rotatable bonds is 4. The second kappa shape index (κ2) is 3.59. The molecule has 1 aromatic rings. The Kier molecular flexibility index (Phi) is 2.32. The molecule has 0 amide bonds. The topological polar surface area (TPSA) is 38.0 Å². The highest BCUT2D eigenvalue weighted by Gasteiger charge is 2.52. The fourth-order valence-corrected chi connectivity index (χ4v) is 3.46. The zero-order valence-electron chi connectivity index (χ0n) is 9.89. The second-order valence-electron chi connectivity index (χ2n) is 5.77. The summed E-state index contributed by atoms with van der Waals surface area (Å²) in [6.07, 6.45) is 7.96. The summed E-state index contributed by atoms with van der Waals surface area (Å²) in [4.78, 5) is 0. The highest BCUT2D eigenvalue weighted by atomic mass is 16.3. The first kappa shape index (κ1) is 10.3. The number of fused-ring (bicyclic) bond motifs is 1. The van der Waals surface area contributed by atoms with Crippen LogP contribution in [0.2, 0.25) is 0 Å². The standard InChI is InChI=1S/C13H20N2O/c1-15-12(3-5-14-15)2-4-13(9-16)7-10-6-11(10)8-13/h3,5,10-11,16H,2,4,6-9H2,1H3. The molecule has 0 aliphatic heterocycles. The SMILES string of the molecule is Cn1nccc1CCC1(CO)CC2CC2C1. The molecule has 0 radical (unpaired) electrons. The normalized spacial score (nSPS) is 36.4. The predicted molar refractivity (Wildman–Crippen MR) is 61.9 cm³/mol. The van der Waals surface area contributed by atoms with Crippen LogP contribution in [0.4, 0.5) is 0 Å². The molecule has 2 atom stereocenters. The molecule has 2 aliphatic carbocycles. The van der Waals surface area contributed by atoms with Crippen LogP contribution in [-0.4, -0.2) is 21.5 Å². The monoisotopic (exact) mass is 220 g/mol. The lowest BCUT2D eigenvalue weighted by atomic mass is 9.79. The molecule has 2 unspecified atom stereocenters. The van der Waals surface area contributed by atoms with Gasteiger partial charge in [0.05, 0.1) is 0 Å². The average Bonchev–Trinajstić information content (AvgIpc) is 2.74. The van der Waals surface area contributed by atoms with Gasteiger partial charge in [-0.1, -0.05) is 0 Å². The number of aliphatic hydroxyl groups excluding tert-OH is 1. The zero-order chi connectivity index (χ0) is 11.2. The summed E-state index contributed by atoms with van der Waals surface area (Å²) in [7, 11) is 1.99. The van der Waals surface area contributed by atoms with E-state index in [1.165, 1.54) is 25.0 Å². The maximum absolute atomic E-state index is 9.63. The van der Waals surface area contributed by atoms with E-state index in [1.54, 1.807) is 0 Å². The first-order valence-corrected chi connectivity index (χ1v) is 6.30. The molecule has 2 saturated carbocycles. The van der Waals surface area contributed by atoms with Crippen molar-refractivity contribution in [3.63, 3.8) is 0 Å². The van der Waals surface area contributed by atoms with Gasteiger partial charge in [-0.05, 0) is 55.4 Å². The van der Waals surface area contributed by atoms with Crippen LogP contribution in [-0.2, 0) is 13.5 Å². The summed E-state index contributed by atoms with van der Waals surface area (Å²) in [5.74, 6) is 1.89. The second-order valence-corrected chi connectivity index (χ2v) is 5.77. The van der Waals surface area contributed by atoms with Crippen molar-refractivity contribution in [2.75, 3.05) is 6.61 Å². The van der Waals surface area contributed by atoms with Gasteiger partial charge >= 0.3 is 0 Å². The van der Waals surface area contributed by atoms with Gasteiger partial charge in [-0.15, -0.1) is 0 Å². The van der Waals surface area contributed by atoms with Crippen LogP contribution in [0.5, 0.6) is 0 Å². The molecule has 0 bridgehead atoms. The lowest BCUT2D eigenvalue weighted by Crippen LogP contribution is -2.24. The van der Waals surface area contributed by atoms with Crippen LogP contribution in [0.3, 0.4) is 0 Å². The zero-order valence-corrected chi connectivity index (χ0v) is 9.89. The molecule has 3 heteroatoms. The van der Waals surface area contributed by atoms with Crippen molar-refractivity contribution in [3.8, 4) is 0 Å². The molecule has 3 nitrogen and oxygen atoms in total. The lowest BCUT2D eigenvalue weighted by Gasteiger charge is -2.28. The average molecular weight is 220 g/mol. The summed E-state index contributed by atoms with van der Waals surface area (Å²) in [6.45, 7) is 0.373. The van der Waals surface area contributed by atoms with Crippen LogP contribution >= 0.6 is 0 Å². The number of aromatic nitrogens is 2. The number of hydrogen-bond donors (Lipinski definition) is 1. The minimum Gasteiger partial charge on any atom is -0.396 e. The molecule has 1 heterocycles. The predicted octanol–water partition coefficient (Wildman–Crippen LogP) is 1.76. The van der Waals surface area contributed by atoms with Crippen LogP contribution in [0.15, 0.2) is 12.3 Å². The lowest BCUT2D eigenvalue weighted by molar-refractivity contribution is 0.107. The third kappa shape index (κ3) is 1.67. The Morgan fingerprint density at radius 2 is 2.25 bits per heavy atom. The molecule has 2 fully saturated rings. The molecule has 1 N–H and O–H groups in total. The van der Waals surface area contributed by atoms with E-state index in [4.69, 9.17) is 0 Å². The van der Waals surface area contributed by atoms with Gasteiger partial charge in [-0.2, -0.15) is 5.10 Å². The maximum Gasteiger partial charge on any atom is 0.0492 e. The molecule has 3 rings (SSSR count). The summed E-state index contributed by atoms with van der Waals surface area (Å²) in [5.41, 5.74) is 1.52. The van der Waals surface area contributed by atoms with Gasteiger partial charge in [-0.25, -0.2) is 0 Å². The number of aryl methyl sites for hydroxylation is 2. The third-order valence-electron chi connectivity index (χ3n) is 4.63. The minimum atomic E-state index is 0.234. The molecule has 0 aromatic carbocycles. The van der Waals surface area contributed by atoms with Crippen LogP contribution in [0, 0.1) is 17.3 Å². The largest absolute Gasteiger partial charge is 0.396 e. The fourth-order valence-electron chi connectivity index (χ4n) is 3.46. The van der Waals surface area contributed by atoms with E-state index in [0.717, 1.165) is 24.7 Å².